The minimum absolute atomic E-state index is 0.0343. The van der Waals surface area contributed by atoms with E-state index in [2.05, 4.69) is 5.32 Å². The van der Waals surface area contributed by atoms with Gasteiger partial charge in [0.25, 0.3) is 5.91 Å². The molecule has 3 heteroatoms. The molecule has 92 valence electrons. The van der Waals surface area contributed by atoms with Crippen molar-refractivity contribution in [3.05, 3.63) is 34.9 Å². The van der Waals surface area contributed by atoms with Crippen molar-refractivity contribution in [3.8, 4) is 0 Å². The number of aryl methyl sites for hydroxylation is 2. The highest BCUT2D eigenvalue weighted by Crippen LogP contribution is 2.44. The molecule has 1 aliphatic carbocycles. The third kappa shape index (κ3) is 2.67. The number of amides is 1. The first-order valence-corrected chi connectivity index (χ1v) is 6.03. The quantitative estimate of drug-likeness (QED) is 0.833. The highest BCUT2D eigenvalue weighted by molar-refractivity contribution is 5.95. The molecule has 1 aromatic rings. The fourth-order valence-corrected chi connectivity index (χ4v) is 1.91. The molecule has 1 aromatic carbocycles. The summed E-state index contributed by atoms with van der Waals surface area (Å²) in [6.45, 7) is 4.66. The Hall–Kier alpha value is -1.35. The lowest BCUT2D eigenvalue weighted by Gasteiger charge is -2.14. The highest BCUT2D eigenvalue weighted by Gasteiger charge is 2.42. The predicted octanol–water partition coefficient (Wildman–Crippen LogP) is 1.81. The molecule has 2 N–H and O–H groups in total. The zero-order valence-electron chi connectivity index (χ0n) is 10.4. The number of hydrogen-bond acceptors (Lipinski definition) is 2. The standard InChI is InChI=1S/C14H19NO2/c1-10-3-4-11(2)12(7-10)13(17)15-8-14(9-16)5-6-14/h3-4,7,16H,5-6,8-9H2,1-2H3,(H,15,17). The van der Waals surface area contributed by atoms with E-state index in [1.54, 1.807) is 0 Å². The van der Waals surface area contributed by atoms with Gasteiger partial charge in [-0.05, 0) is 38.3 Å². The van der Waals surface area contributed by atoms with E-state index in [0.717, 1.165) is 29.5 Å². The van der Waals surface area contributed by atoms with Crippen LogP contribution in [0.3, 0.4) is 0 Å². The first kappa shape index (κ1) is 12.1. The second kappa shape index (κ2) is 4.49. The summed E-state index contributed by atoms with van der Waals surface area (Å²) in [6, 6.07) is 5.87. The first-order chi connectivity index (χ1) is 8.06. The van der Waals surface area contributed by atoms with Crippen molar-refractivity contribution in [2.45, 2.75) is 26.7 Å². The van der Waals surface area contributed by atoms with Crippen LogP contribution in [0.4, 0.5) is 0 Å². The van der Waals surface area contributed by atoms with Crippen LogP contribution >= 0.6 is 0 Å². The van der Waals surface area contributed by atoms with Crippen molar-refractivity contribution in [2.75, 3.05) is 13.2 Å². The smallest absolute Gasteiger partial charge is 0.251 e. The number of carbonyl (C=O) groups is 1. The minimum atomic E-state index is -0.0362. The van der Waals surface area contributed by atoms with Crippen molar-refractivity contribution in [1.29, 1.82) is 0 Å². The molecule has 0 radical (unpaired) electrons. The van der Waals surface area contributed by atoms with E-state index in [-0.39, 0.29) is 17.9 Å². The molecular formula is C14H19NO2. The third-order valence-electron chi connectivity index (χ3n) is 3.55. The summed E-state index contributed by atoms with van der Waals surface area (Å²) in [4.78, 5) is 12.0. The topological polar surface area (TPSA) is 49.3 Å². The largest absolute Gasteiger partial charge is 0.396 e. The van der Waals surface area contributed by atoms with Crippen LogP contribution in [0, 0.1) is 19.3 Å². The molecule has 0 bridgehead atoms. The molecule has 1 amide bonds. The highest BCUT2D eigenvalue weighted by atomic mass is 16.3. The van der Waals surface area contributed by atoms with E-state index < -0.39 is 0 Å². The van der Waals surface area contributed by atoms with Gasteiger partial charge in [-0.15, -0.1) is 0 Å². The third-order valence-corrected chi connectivity index (χ3v) is 3.55. The lowest BCUT2D eigenvalue weighted by Crippen LogP contribution is -2.32. The molecule has 0 unspecified atom stereocenters. The van der Waals surface area contributed by atoms with Gasteiger partial charge in [-0.2, -0.15) is 0 Å². The van der Waals surface area contributed by atoms with Crippen LogP contribution < -0.4 is 5.32 Å². The Kier molecular flexibility index (Phi) is 3.20. The fraction of sp³-hybridized carbons (Fsp3) is 0.500. The van der Waals surface area contributed by atoms with Crippen LogP contribution in [0.5, 0.6) is 0 Å². The Bertz CT molecular complexity index is 436. The summed E-state index contributed by atoms with van der Waals surface area (Å²) in [5.74, 6) is -0.0362. The van der Waals surface area contributed by atoms with Crippen molar-refractivity contribution >= 4 is 5.91 Å². The van der Waals surface area contributed by atoms with E-state index in [4.69, 9.17) is 0 Å². The van der Waals surface area contributed by atoms with Crippen LogP contribution in [0.2, 0.25) is 0 Å². The molecule has 2 rings (SSSR count). The van der Waals surface area contributed by atoms with Crippen LogP contribution in [0.15, 0.2) is 18.2 Å². The number of carbonyl (C=O) groups excluding carboxylic acids is 1. The van der Waals surface area contributed by atoms with E-state index in [1.165, 1.54) is 0 Å². The van der Waals surface area contributed by atoms with Gasteiger partial charge in [-0.3, -0.25) is 4.79 Å². The second-order valence-corrected chi connectivity index (χ2v) is 5.16. The monoisotopic (exact) mass is 233 g/mol. The SMILES string of the molecule is Cc1ccc(C)c(C(=O)NCC2(CO)CC2)c1. The molecular weight excluding hydrogens is 214 g/mol. The molecule has 3 nitrogen and oxygen atoms in total. The summed E-state index contributed by atoms with van der Waals surface area (Å²) in [6.07, 6.45) is 2.02. The average Bonchev–Trinajstić information content (AvgIpc) is 3.10. The van der Waals surface area contributed by atoms with Gasteiger partial charge in [0, 0.05) is 17.5 Å². The minimum Gasteiger partial charge on any atom is -0.396 e. The fourth-order valence-electron chi connectivity index (χ4n) is 1.91. The van der Waals surface area contributed by atoms with Gasteiger partial charge in [0.2, 0.25) is 0 Å². The van der Waals surface area contributed by atoms with Crippen molar-refractivity contribution in [3.63, 3.8) is 0 Å². The van der Waals surface area contributed by atoms with Gasteiger partial charge < -0.3 is 10.4 Å². The zero-order valence-corrected chi connectivity index (χ0v) is 10.4. The van der Waals surface area contributed by atoms with Crippen LogP contribution in [-0.4, -0.2) is 24.2 Å². The van der Waals surface area contributed by atoms with E-state index in [1.807, 2.05) is 32.0 Å². The van der Waals surface area contributed by atoms with Gasteiger partial charge >= 0.3 is 0 Å². The van der Waals surface area contributed by atoms with Gasteiger partial charge in [-0.25, -0.2) is 0 Å². The molecule has 1 aliphatic rings. The molecule has 0 saturated heterocycles. The van der Waals surface area contributed by atoms with Crippen LogP contribution in [-0.2, 0) is 0 Å². The zero-order chi connectivity index (χ0) is 12.5. The van der Waals surface area contributed by atoms with Crippen LogP contribution in [0.25, 0.3) is 0 Å². The van der Waals surface area contributed by atoms with Gasteiger partial charge in [0.05, 0.1) is 6.61 Å². The molecule has 0 aliphatic heterocycles. The molecule has 0 aromatic heterocycles. The number of aliphatic hydroxyl groups is 1. The molecule has 1 saturated carbocycles. The number of nitrogens with one attached hydrogen (secondary N) is 1. The Morgan fingerprint density at radius 1 is 1.41 bits per heavy atom. The molecule has 0 heterocycles. The number of rotatable bonds is 4. The van der Waals surface area contributed by atoms with E-state index in [9.17, 15) is 9.90 Å². The predicted molar refractivity (Wildman–Crippen MR) is 67.0 cm³/mol. The Balaban J connectivity index is 2.02. The maximum Gasteiger partial charge on any atom is 0.251 e. The Labute approximate surface area is 102 Å². The van der Waals surface area contributed by atoms with Gasteiger partial charge in [0.1, 0.15) is 0 Å². The normalized spacial score (nSPS) is 16.6. The molecule has 0 spiro atoms. The summed E-state index contributed by atoms with van der Waals surface area (Å²) >= 11 is 0. The van der Waals surface area contributed by atoms with Crippen molar-refractivity contribution in [2.24, 2.45) is 5.41 Å². The van der Waals surface area contributed by atoms with Gasteiger partial charge in [0.15, 0.2) is 0 Å². The summed E-state index contributed by atoms with van der Waals surface area (Å²) < 4.78 is 0. The lowest BCUT2D eigenvalue weighted by molar-refractivity contribution is 0.0934. The first-order valence-electron chi connectivity index (χ1n) is 6.03. The Morgan fingerprint density at radius 3 is 2.71 bits per heavy atom. The maximum atomic E-state index is 12.0. The molecule has 17 heavy (non-hydrogen) atoms. The van der Waals surface area contributed by atoms with Crippen LogP contribution in [0.1, 0.15) is 34.3 Å². The molecule has 0 atom stereocenters. The number of hydrogen-bond donors (Lipinski definition) is 2. The second-order valence-electron chi connectivity index (χ2n) is 5.16. The average molecular weight is 233 g/mol. The molecule has 1 fully saturated rings. The van der Waals surface area contributed by atoms with Gasteiger partial charge in [-0.1, -0.05) is 17.7 Å². The van der Waals surface area contributed by atoms with Crippen molar-refractivity contribution < 1.29 is 9.90 Å². The number of benzene rings is 1. The summed E-state index contributed by atoms with van der Waals surface area (Å²) in [7, 11) is 0. The lowest BCUT2D eigenvalue weighted by atomic mass is 10.0. The van der Waals surface area contributed by atoms with E-state index in [0.29, 0.717) is 6.54 Å². The van der Waals surface area contributed by atoms with E-state index >= 15 is 0 Å². The Morgan fingerprint density at radius 2 is 2.12 bits per heavy atom. The summed E-state index contributed by atoms with van der Waals surface area (Å²) in [5, 5.41) is 12.1. The van der Waals surface area contributed by atoms with Crippen molar-refractivity contribution in [1.82, 2.24) is 5.32 Å². The maximum absolute atomic E-state index is 12.0. The summed E-state index contributed by atoms with van der Waals surface area (Å²) in [5.41, 5.74) is 2.78. The number of aliphatic hydroxyl groups excluding tert-OH is 1.